The van der Waals surface area contributed by atoms with Crippen molar-refractivity contribution in [2.75, 3.05) is 6.54 Å². The van der Waals surface area contributed by atoms with Crippen molar-refractivity contribution in [2.24, 2.45) is 5.73 Å². The lowest BCUT2D eigenvalue weighted by Crippen LogP contribution is -2.27. The second-order valence-electron chi connectivity index (χ2n) is 0.922. The van der Waals surface area contributed by atoms with Crippen LogP contribution in [0.2, 0.25) is 0 Å². The predicted octanol–water partition coefficient (Wildman–Crippen LogP) is -1.87. The van der Waals surface area contributed by atoms with Crippen molar-refractivity contribution < 1.29 is 9.59 Å². The number of hydrogen-bond donors (Lipinski definition) is 2. The van der Waals surface area contributed by atoms with Gasteiger partial charge in [-0.25, -0.2) is 0 Å². The number of carbonyl (C=O) groups excluding carboxylic acids is 2. The highest BCUT2D eigenvalue weighted by Crippen LogP contribution is 1.46. The van der Waals surface area contributed by atoms with E-state index in [1.165, 1.54) is 6.41 Å². The maximum atomic E-state index is 9.74. The van der Waals surface area contributed by atoms with Gasteiger partial charge in [0, 0.05) is 0 Å². The van der Waals surface area contributed by atoms with Crippen LogP contribution >= 0.6 is 0 Å². The molecule has 0 aliphatic carbocycles. The molecule has 0 aromatic heterocycles. The van der Waals surface area contributed by atoms with Gasteiger partial charge in [-0.2, -0.15) is 0 Å². The van der Waals surface area contributed by atoms with E-state index in [9.17, 15) is 9.59 Å². The van der Waals surface area contributed by atoms with Gasteiger partial charge in [-0.15, -0.1) is 0 Å². The first kappa shape index (κ1) is 5.94. The summed E-state index contributed by atoms with van der Waals surface area (Å²) in [7, 11) is 0. The predicted molar refractivity (Wildman–Crippen MR) is 22.9 cm³/mol. The Hall–Kier alpha value is -1.06. The van der Waals surface area contributed by atoms with Gasteiger partial charge < -0.3 is 11.1 Å². The van der Waals surface area contributed by atoms with Crippen LogP contribution in [-0.2, 0) is 9.59 Å². The highest BCUT2D eigenvalue weighted by molar-refractivity contribution is 5.77. The molecule has 0 atom stereocenters. The van der Waals surface area contributed by atoms with Gasteiger partial charge in [-0.3, -0.25) is 9.59 Å². The number of amides is 2. The van der Waals surface area contributed by atoms with Gasteiger partial charge in [0.2, 0.25) is 5.91 Å². The Morgan fingerprint density at radius 2 is 2.43 bits per heavy atom. The van der Waals surface area contributed by atoms with E-state index in [2.05, 4.69) is 5.73 Å². The van der Waals surface area contributed by atoms with E-state index in [0.29, 0.717) is 0 Å². The maximum absolute atomic E-state index is 9.74. The lowest BCUT2D eigenvalue weighted by atomic mass is 10.6. The summed E-state index contributed by atoms with van der Waals surface area (Å²) in [5, 5.41) is 1.97. The zero-order valence-corrected chi connectivity index (χ0v) is 3.60. The summed E-state index contributed by atoms with van der Waals surface area (Å²) in [5.74, 6) is -0.566. The Labute approximate surface area is 40.7 Å². The molecular weight excluding hydrogens is 96.0 g/mol. The second kappa shape index (κ2) is 3.14. The molecular formula is C3H5N2O2. The third kappa shape index (κ3) is 4.94. The quantitative estimate of drug-likeness (QED) is 0.409. The van der Waals surface area contributed by atoms with Crippen molar-refractivity contribution in [1.82, 2.24) is 5.32 Å². The smallest absolute Gasteiger partial charge is 0.309 e. The van der Waals surface area contributed by atoms with Gasteiger partial charge in [0.25, 0.3) is 0 Å². The van der Waals surface area contributed by atoms with Crippen LogP contribution in [0.4, 0.5) is 0 Å². The molecule has 7 heavy (non-hydrogen) atoms. The number of hydrogen-bond acceptors (Lipinski definition) is 2. The van der Waals surface area contributed by atoms with E-state index in [1.54, 1.807) is 0 Å². The molecule has 0 unspecified atom stereocenters. The third-order valence-electron chi connectivity index (χ3n) is 0.335. The van der Waals surface area contributed by atoms with Gasteiger partial charge >= 0.3 is 6.41 Å². The Kier molecular flexibility index (Phi) is 2.67. The first-order chi connectivity index (χ1) is 3.27. The average Bonchev–Trinajstić information content (AvgIpc) is 1.61. The second-order valence-corrected chi connectivity index (χ2v) is 0.922. The highest BCUT2D eigenvalue weighted by Gasteiger charge is 1.86. The molecule has 4 nitrogen and oxygen atoms in total. The van der Waals surface area contributed by atoms with Crippen molar-refractivity contribution in [3.8, 4) is 0 Å². The Bertz CT molecular complexity index is 81.0. The van der Waals surface area contributed by atoms with Crippen LogP contribution in [0.15, 0.2) is 0 Å². The normalized spacial score (nSPS) is 7.43. The summed E-state index contributed by atoms with van der Waals surface area (Å²) >= 11 is 0. The molecule has 0 saturated heterocycles. The molecule has 4 heteroatoms. The summed E-state index contributed by atoms with van der Waals surface area (Å²) in [6.45, 7) is -0.135. The monoisotopic (exact) mass is 101 g/mol. The third-order valence-corrected chi connectivity index (χ3v) is 0.335. The number of carbonyl (C=O) groups is 1. The van der Waals surface area contributed by atoms with Crippen LogP contribution in [0.25, 0.3) is 0 Å². The van der Waals surface area contributed by atoms with Crippen molar-refractivity contribution >= 4 is 12.3 Å². The van der Waals surface area contributed by atoms with E-state index in [0.717, 1.165) is 0 Å². The van der Waals surface area contributed by atoms with Crippen LogP contribution in [0, 0.1) is 0 Å². The Balaban J connectivity index is 2.97. The lowest BCUT2D eigenvalue weighted by Gasteiger charge is -1.85. The SMILES string of the molecule is NC(=O)CN[C]=O. The fourth-order valence-corrected chi connectivity index (χ4v) is 0.123. The first-order valence-corrected chi connectivity index (χ1v) is 1.65. The lowest BCUT2D eigenvalue weighted by molar-refractivity contribution is -0.116. The molecule has 0 aliphatic rings. The van der Waals surface area contributed by atoms with Gasteiger partial charge in [0.05, 0.1) is 6.54 Å². The van der Waals surface area contributed by atoms with Gasteiger partial charge in [0.1, 0.15) is 0 Å². The minimum Gasteiger partial charge on any atom is -0.368 e. The summed E-state index contributed by atoms with van der Waals surface area (Å²) in [6, 6.07) is 0. The van der Waals surface area contributed by atoms with E-state index >= 15 is 0 Å². The summed E-state index contributed by atoms with van der Waals surface area (Å²) in [4.78, 5) is 19.0. The molecule has 0 saturated carbocycles. The van der Waals surface area contributed by atoms with Gasteiger partial charge in [-0.1, -0.05) is 0 Å². The van der Waals surface area contributed by atoms with Crippen molar-refractivity contribution in [3.63, 3.8) is 0 Å². The van der Waals surface area contributed by atoms with Crippen molar-refractivity contribution in [2.45, 2.75) is 0 Å². The maximum Gasteiger partial charge on any atom is 0.309 e. The van der Waals surface area contributed by atoms with Crippen LogP contribution in [-0.4, -0.2) is 18.9 Å². The number of nitrogens with one attached hydrogen (secondary N) is 1. The van der Waals surface area contributed by atoms with Crippen LogP contribution in [0.3, 0.4) is 0 Å². The number of primary amides is 1. The van der Waals surface area contributed by atoms with Crippen molar-refractivity contribution in [3.05, 3.63) is 0 Å². The minimum atomic E-state index is -0.566. The topological polar surface area (TPSA) is 72.2 Å². The van der Waals surface area contributed by atoms with E-state index in [1.807, 2.05) is 5.32 Å². The molecule has 39 valence electrons. The first-order valence-electron chi connectivity index (χ1n) is 1.65. The van der Waals surface area contributed by atoms with Crippen LogP contribution in [0.1, 0.15) is 0 Å². The Morgan fingerprint density at radius 1 is 1.86 bits per heavy atom. The zero-order chi connectivity index (χ0) is 5.70. The van der Waals surface area contributed by atoms with Gasteiger partial charge in [-0.05, 0) is 0 Å². The molecule has 0 aromatic carbocycles. The number of rotatable bonds is 3. The zero-order valence-electron chi connectivity index (χ0n) is 3.60. The largest absolute Gasteiger partial charge is 0.368 e. The molecule has 0 rings (SSSR count). The molecule has 0 aliphatic heterocycles. The van der Waals surface area contributed by atoms with E-state index in [4.69, 9.17) is 0 Å². The molecule has 1 radical (unpaired) electrons. The summed E-state index contributed by atoms with van der Waals surface area (Å²) in [6.07, 6.45) is 1.30. The fraction of sp³-hybridized carbons (Fsp3) is 0.333. The summed E-state index contributed by atoms with van der Waals surface area (Å²) in [5.41, 5.74) is 4.60. The van der Waals surface area contributed by atoms with E-state index in [-0.39, 0.29) is 6.54 Å². The van der Waals surface area contributed by atoms with Gasteiger partial charge in [0.15, 0.2) is 0 Å². The number of nitrogens with two attached hydrogens (primary N) is 1. The summed E-state index contributed by atoms with van der Waals surface area (Å²) < 4.78 is 0. The van der Waals surface area contributed by atoms with Crippen LogP contribution in [0.5, 0.6) is 0 Å². The Morgan fingerprint density at radius 3 is 2.57 bits per heavy atom. The van der Waals surface area contributed by atoms with E-state index < -0.39 is 5.91 Å². The molecule has 0 bridgehead atoms. The molecule has 0 fully saturated rings. The molecule has 0 heterocycles. The minimum absolute atomic E-state index is 0.135. The molecule has 0 spiro atoms. The molecule has 0 aromatic rings. The molecule has 2 amide bonds. The van der Waals surface area contributed by atoms with Crippen LogP contribution < -0.4 is 11.1 Å². The standard InChI is InChI=1S/C3H5N2O2/c4-3(7)1-5-2-6/h1H2,(H2,4,7)(H,5,6). The molecule has 3 N–H and O–H groups in total. The highest BCUT2D eigenvalue weighted by atomic mass is 16.2. The fourth-order valence-electron chi connectivity index (χ4n) is 0.123. The van der Waals surface area contributed by atoms with Crippen molar-refractivity contribution in [1.29, 1.82) is 0 Å². The average molecular weight is 101 g/mol.